The van der Waals surface area contributed by atoms with Gasteiger partial charge in [0.2, 0.25) is 0 Å². The Hall–Kier alpha value is -1.56. The van der Waals surface area contributed by atoms with Gasteiger partial charge in [-0.25, -0.2) is 9.97 Å². The molecule has 1 saturated carbocycles. The Bertz CT molecular complexity index is 807. The molecule has 2 aliphatic rings. The lowest BCUT2D eigenvalue weighted by molar-refractivity contribution is 0.449. The molecule has 3 atom stereocenters. The number of nitrogens with zero attached hydrogens (tertiary/aromatic N) is 3. The highest BCUT2D eigenvalue weighted by molar-refractivity contribution is 6.43. The van der Waals surface area contributed by atoms with E-state index in [0.717, 1.165) is 31.7 Å². The van der Waals surface area contributed by atoms with Gasteiger partial charge in [0.25, 0.3) is 0 Å². The van der Waals surface area contributed by atoms with Crippen LogP contribution in [-0.2, 0) is 0 Å². The summed E-state index contributed by atoms with van der Waals surface area (Å²) in [6, 6.07) is 5.40. The van der Waals surface area contributed by atoms with E-state index in [1.54, 1.807) is 12.3 Å². The second kappa shape index (κ2) is 6.01. The van der Waals surface area contributed by atoms with E-state index in [0.29, 0.717) is 39.0 Å². The Balaban J connectivity index is 1.58. The molecular formula is C18H21Cl2N5. The summed E-state index contributed by atoms with van der Waals surface area (Å²) in [6.45, 7) is 4.07. The summed E-state index contributed by atoms with van der Waals surface area (Å²) < 4.78 is 0. The van der Waals surface area contributed by atoms with E-state index in [-0.39, 0.29) is 5.54 Å². The van der Waals surface area contributed by atoms with Gasteiger partial charge in [-0.05, 0) is 37.7 Å². The summed E-state index contributed by atoms with van der Waals surface area (Å²) >= 11 is 12.4. The average Bonchev–Trinajstić information content (AvgIpc) is 3.04. The monoisotopic (exact) mass is 377 g/mol. The van der Waals surface area contributed by atoms with Crippen molar-refractivity contribution in [1.82, 2.24) is 9.97 Å². The normalized spacial score (nSPS) is 28.4. The van der Waals surface area contributed by atoms with Crippen LogP contribution in [0.25, 0.3) is 11.3 Å². The maximum absolute atomic E-state index is 6.30. The van der Waals surface area contributed by atoms with Crippen molar-refractivity contribution >= 4 is 34.8 Å². The summed E-state index contributed by atoms with van der Waals surface area (Å²) in [6.07, 6.45) is 3.90. The molecule has 0 amide bonds. The molecule has 4 rings (SSSR count). The molecule has 0 unspecified atom stereocenters. The predicted molar refractivity (Wildman–Crippen MR) is 103 cm³/mol. The molecule has 0 bridgehead atoms. The van der Waals surface area contributed by atoms with Crippen molar-refractivity contribution < 1.29 is 0 Å². The quantitative estimate of drug-likeness (QED) is 0.835. The molecule has 1 saturated heterocycles. The lowest BCUT2D eigenvalue weighted by Gasteiger charge is -2.23. The van der Waals surface area contributed by atoms with Crippen molar-refractivity contribution in [3.63, 3.8) is 0 Å². The fourth-order valence-electron chi connectivity index (χ4n) is 4.31. The molecule has 4 N–H and O–H groups in total. The van der Waals surface area contributed by atoms with Gasteiger partial charge < -0.3 is 16.4 Å². The molecule has 1 aliphatic carbocycles. The molecule has 0 radical (unpaired) electrons. The first-order valence-electron chi connectivity index (χ1n) is 8.45. The first-order valence-corrected chi connectivity index (χ1v) is 9.20. The van der Waals surface area contributed by atoms with Gasteiger partial charge in [0.1, 0.15) is 11.5 Å². The number of rotatable bonds is 2. The van der Waals surface area contributed by atoms with Crippen LogP contribution in [0.1, 0.15) is 19.8 Å². The minimum Gasteiger partial charge on any atom is -0.382 e. The minimum absolute atomic E-state index is 0.0285. The van der Waals surface area contributed by atoms with Crippen molar-refractivity contribution in [3.8, 4) is 11.3 Å². The standard InChI is InChI=1S/C18H21Cl2N5/c1-18(22)5-10-8-25(9-11(10)6-18)14-7-23-16(17(21)24-14)12-3-2-4-13(19)15(12)20/h2-4,7,10-11H,5-6,8-9,22H2,1H3,(H2,21,24)/t10-,11+,18+. The lowest BCUT2D eigenvalue weighted by Crippen LogP contribution is -2.35. The number of aromatic nitrogens is 2. The first-order chi connectivity index (χ1) is 11.8. The topological polar surface area (TPSA) is 81.1 Å². The van der Waals surface area contributed by atoms with Gasteiger partial charge >= 0.3 is 0 Å². The van der Waals surface area contributed by atoms with Crippen LogP contribution in [0.15, 0.2) is 24.4 Å². The smallest absolute Gasteiger partial charge is 0.152 e. The lowest BCUT2D eigenvalue weighted by atomic mass is 10.00. The summed E-state index contributed by atoms with van der Waals surface area (Å²) in [7, 11) is 0. The maximum atomic E-state index is 6.30. The number of nitrogens with two attached hydrogens (primary N) is 2. The first kappa shape index (κ1) is 16.9. The minimum atomic E-state index is -0.0285. The maximum Gasteiger partial charge on any atom is 0.152 e. The molecule has 132 valence electrons. The summed E-state index contributed by atoms with van der Waals surface area (Å²) in [5.41, 5.74) is 13.7. The third-order valence-electron chi connectivity index (χ3n) is 5.35. The molecule has 2 fully saturated rings. The molecule has 1 aliphatic heterocycles. The van der Waals surface area contributed by atoms with Crippen LogP contribution in [-0.4, -0.2) is 28.6 Å². The van der Waals surface area contributed by atoms with E-state index >= 15 is 0 Å². The fourth-order valence-corrected chi connectivity index (χ4v) is 4.70. The van der Waals surface area contributed by atoms with Crippen LogP contribution in [0, 0.1) is 11.8 Å². The van der Waals surface area contributed by atoms with Crippen LogP contribution >= 0.6 is 23.2 Å². The van der Waals surface area contributed by atoms with E-state index in [1.165, 1.54) is 0 Å². The Morgan fingerprint density at radius 1 is 1.20 bits per heavy atom. The Labute approximate surface area is 157 Å². The molecule has 0 spiro atoms. The second-order valence-corrected chi connectivity index (χ2v) is 8.34. The molecule has 2 aromatic rings. The van der Waals surface area contributed by atoms with Gasteiger partial charge in [-0.15, -0.1) is 0 Å². The number of anilines is 2. The number of hydrogen-bond donors (Lipinski definition) is 2. The number of halogens is 2. The van der Waals surface area contributed by atoms with Crippen molar-refractivity contribution in [2.45, 2.75) is 25.3 Å². The van der Waals surface area contributed by atoms with Gasteiger partial charge in [-0.1, -0.05) is 35.3 Å². The number of benzene rings is 1. The third-order valence-corrected chi connectivity index (χ3v) is 6.17. The van der Waals surface area contributed by atoms with E-state index in [4.69, 9.17) is 34.7 Å². The number of fused-ring (bicyclic) bond motifs is 1. The summed E-state index contributed by atoms with van der Waals surface area (Å²) in [5, 5.41) is 0.914. The molecule has 1 aromatic heterocycles. The van der Waals surface area contributed by atoms with Crippen molar-refractivity contribution in [2.75, 3.05) is 23.7 Å². The zero-order valence-corrected chi connectivity index (χ0v) is 15.6. The molecular weight excluding hydrogens is 357 g/mol. The van der Waals surface area contributed by atoms with Crippen LogP contribution in [0.4, 0.5) is 11.6 Å². The fraction of sp³-hybridized carbons (Fsp3) is 0.444. The van der Waals surface area contributed by atoms with Gasteiger partial charge in [-0.2, -0.15) is 0 Å². The highest BCUT2D eigenvalue weighted by Crippen LogP contribution is 2.43. The molecule has 2 heterocycles. The largest absolute Gasteiger partial charge is 0.382 e. The van der Waals surface area contributed by atoms with Gasteiger partial charge in [0, 0.05) is 24.2 Å². The van der Waals surface area contributed by atoms with E-state index < -0.39 is 0 Å². The number of hydrogen-bond acceptors (Lipinski definition) is 5. The molecule has 5 nitrogen and oxygen atoms in total. The highest BCUT2D eigenvalue weighted by atomic mass is 35.5. The van der Waals surface area contributed by atoms with Gasteiger partial charge in [0.05, 0.1) is 16.2 Å². The average molecular weight is 378 g/mol. The predicted octanol–water partition coefficient (Wildman–Crippen LogP) is 3.60. The number of nitrogen functional groups attached to an aromatic ring is 1. The van der Waals surface area contributed by atoms with Crippen molar-refractivity contribution in [1.29, 1.82) is 0 Å². The van der Waals surface area contributed by atoms with E-state index in [1.807, 2.05) is 12.1 Å². The zero-order valence-electron chi connectivity index (χ0n) is 14.0. The van der Waals surface area contributed by atoms with Gasteiger partial charge in [0.15, 0.2) is 5.82 Å². The van der Waals surface area contributed by atoms with Gasteiger partial charge in [-0.3, -0.25) is 0 Å². The summed E-state index contributed by atoms with van der Waals surface area (Å²) in [4.78, 5) is 11.4. The SMILES string of the molecule is C[C@@]1(N)C[C@H]2CN(c3cnc(-c4cccc(Cl)c4Cl)c(N)n3)C[C@H]2C1. The Kier molecular flexibility index (Phi) is 4.06. The third kappa shape index (κ3) is 3.05. The van der Waals surface area contributed by atoms with E-state index in [9.17, 15) is 0 Å². The molecule has 1 aromatic carbocycles. The van der Waals surface area contributed by atoms with Crippen molar-refractivity contribution in [2.24, 2.45) is 17.6 Å². The zero-order chi connectivity index (χ0) is 17.8. The van der Waals surface area contributed by atoms with Crippen LogP contribution in [0.5, 0.6) is 0 Å². The van der Waals surface area contributed by atoms with Crippen LogP contribution in [0.3, 0.4) is 0 Å². The second-order valence-electron chi connectivity index (χ2n) is 7.55. The molecule has 25 heavy (non-hydrogen) atoms. The highest BCUT2D eigenvalue weighted by Gasteiger charge is 2.45. The van der Waals surface area contributed by atoms with Crippen LogP contribution in [0.2, 0.25) is 10.0 Å². The van der Waals surface area contributed by atoms with E-state index in [2.05, 4.69) is 21.8 Å². The van der Waals surface area contributed by atoms with Crippen LogP contribution < -0.4 is 16.4 Å². The molecule has 7 heteroatoms. The Morgan fingerprint density at radius 2 is 1.88 bits per heavy atom. The van der Waals surface area contributed by atoms with Crippen molar-refractivity contribution in [3.05, 3.63) is 34.4 Å². The Morgan fingerprint density at radius 3 is 2.52 bits per heavy atom. The summed E-state index contributed by atoms with van der Waals surface area (Å²) in [5.74, 6) is 2.43.